The first-order valence-electron chi connectivity index (χ1n) is 6.43. The first-order valence-corrected chi connectivity index (χ1v) is 7.92. The number of pyridine rings is 1. The summed E-state index contributed by atoms with van der Waals surface area (Å²) in [6.45, 7) is -0.0521. The number of carbonyl (C=O) groups excluding carboxylic acids is 1. The van der Waals surface area contributed by atoms with Gasteiger partial charge < -0.3 is 9.64 Å². The van der Waals surface area contributed by atoms with Gasteiger partial charge in [0.2, 0.25) is 0 Å². The number of fused-ring (bicyclic) bond motifs is 1. The molecule has 1 aromatic carbocycles. The third kappa shape index (κ3) is 2.60. The van der Waals surface area contributed by atoms with Crippen molar-refractivity contribution in [2.45, 2.75) is 4.90 Å². The number of benzene rings is 1. The van der Waals surface area contributed by atoms with E-state index in [1.807, 2.05) is 0 Å². The molecule has 0 bridgehead atoms. The molecule has 2 heterocycles. The van der Waals surface area contributed by atoms with Crippen molar-refractivity contribution in [1.82, 2.24) is 4.98 Å². The maximum Gasteiger partial charge on any atom is 0.264 e. The first-order chi connectivity index (χ1) is 10.5. The Morgan fingerprint density at radius 1 is 1.32 bits per heavy atom. The Balaban J connectivity index is 1.97. The van der Waals surface area contributed by atoms with E-state index in [1.165, 1.54) is 29.3 Å². The maximum atomic E-state index is 12.4. The molecule has 0 aliphatic carbocycles. The fourth-order valence-electron chi connectivity index (χ4n) is 2.06. The number of hydrogen-bond acceptors (Lipinski definition) is 5. The van der Waals surface area contributed by atoms with Gasteiger partial charge >= 0.3 is 0 Å². The molecule has 8 heteroatoms. The van der Waals surface area contributed by atoms with Gasteiger partial charge in [-0.05, 0) is 30.3 Å². The summed E-state index contributed by atoms with van der Waals surface area (Å²) < 4.78 is 32.5. The van der Waals surface area contributed by atoms with Crippen LogP contribution >= 0.6 is 0 Å². The van der Waals surface area contributed by atoms with Crippen molar-refractivity contribution in [2.24, 2.45) is 0 Å². The normalized spacial score (nSPS) is 14.2. The summed E-state index contributed by atoms with van der Waals surface area (Å²) in [5, 5.41) is 0. The average molecular weight is 319 g/mol. The lowest BCUT2D eigenvalue weighted by Crippen LogP contribution is -2.35. The fraction of sp³-hybridized carbons (Fsp3) is 0.143. The van der Waals surface area contributed by atoms with Gasteiger partial charge in [0.15, 0.2) is 6.61 Å². The molecule has 2 aromatic rings. The Labute approximate surface area is 127 Å². The van der Waals surface area contributed by atoms with Crippen LogP contribution in [0.5, 0.6) is 5.75 Å². The minimum Gasteiger partial charge on any atom is -0.482 e. The number of amides is 1. The molecule has 0 fully saturated rings. The highest BCUT2D eigenvalue weighted by Crippen LogP contribution is 2.33. The van der Waals surface area contributed by atoms with E-state index in [0.717, 1.165) is 0 Å². The fourth-order valence-corrected chi connectivity index (χ4v) is 3.12. The van der Waals surface area contributed by atoms with E-state index >= 15 is 0 Å². The van der Waals surface area contributed by atoms with Crippen LogP contribution in [-0.4, -0.2) is 33.0 Å². The summed E-state index contributed by atoms with van der Waals surface area (Å²) in [5.41, 5.74) is 0.784. The molecule has 0 radical (unpaired) electrons. The third-order valence-electron chi connectivity index (χ3n) is 3.24. The lowest BCUT2D eigenvalue weighted by Gasteiger charge is -2.26. The molecule has 3 rings (SSSR count). The zero-order valence-electron chi connectivity index (χ0n) is 11.7. The topological polar surface area (TPSA) is 88.6 Å². The van der Waals surface area contributed by atoms with Crippen LogP contribution in [0.2, 0.25) is 0 Å². The highest BCUT2D eigenvalue weighted by molar-refractivity contribution is 7.92. The Morgan fingerprint density at radius 2 is 2.14 bits per heavy atom. The number of likely N-dealkylation sites (N-methyl/N-ethyl adjacent to an activating group) is 1. The van der Waals surface area contributed by atoms with Gasteiger partial charge in [-0.1, -0.05) is 0 Å². The van der Waals surface area contributed by atoms with E-state index in [1.54, 1.807) is 25.4 Å². The molecule has 0 unspecified atom stereocenters. The van der Waals surface area contributed by atoms with Crippen molar-refractivity contribution in [2.75, 3.05) is 23.3 Å². The molecule has 7 nitrogen and oxygen atoms in total. The van der Waals surface area contributed by atoms with Crippen molar-refractivity contribution in [1.29, 1.82) is 0 Å². The Bertz CT molecular complexity index is 821. The van der Waals surface area contributed by atoms with Gasteiger partial charge in [-0.3, -0.25) is 14.5 Å². The van der Waals surface area contributed by atoms with E-state index in [0.29, 0.717) is 17.1 Å². The van der Waals surface area contributed by atoms with Crippen LogP contribution in [-0.2, 0) is 14.8 Å². The van der Waals surface area contributed by atoms with Crippen LogP contribution in [0.3, 0.4) is 0 Å². The zero-order valence-corrected chi connectivity index (χ0v) is 12.5. The number of nitrogens with zero attached hydrogens (tertiary/aromatic N) is 2. The quantitative estimate of drug-likeness (QED) is 0.919. The molecular formula is C14H13N3O4S. The van der Waals surface area contributed by atoms with Gasteiger partial charge in [-0.15, -0.1) is 0 Å². The minimum absolute atomic E-state index is 0.0419. The molecule has 1 amide bonds. The molecule has 1 aliphatic rings. The van der Waals surface area contributed by atoms with Crippen LogP contribution in [0.25, 0.3) is 0 Å². The Hall–Kier alpha value is -2.61. The summed E-state index contributed by atoms with van der Waals surface area (Å²) in [7, 11) is -2.19. The highest BCUT2D eigenvalue weighted by atomic mass is 32.2. The molecule has 1 aromatic heterocycles. The van der Waals surface area contributed by atoms with E-state index < -0.39 is 10.0 Å². The van der Waals surface area contributed by atoms with E-state index in [9.17, 15) is 13.2 Å². The number of sulfonamides is 1. The Kier molecular flexibility index (Phi) is 3.45. The molecular weight excluding hydrogens is 306 g/mol. The number of rotatable bonds is 3. The average Bonchev–Trinajstić information content (AvgIpc) is 2.51. The van der Waals surface area contributed by atoms with Gasteiger partial charge in [0.05, 0.1) is 22.5 Å². The predicted octanol–water partition coefficient (Wildman–Crippen LogP) is 1.24. The predicted molar refractivity (Wildman–Crippen MR) is 80.4 cm³/mol. The lowest BCUT2D eigenvalue weighted by atomic mass is 10.2. The number of nitrogens with one attached hydrogen (secondary N) is 1. The SMILES string of the molecule is CN1C(=O)COc2ccc(S(=O)(=O)Nc3cccnc3)cc21. The molecule has 0 spiro atoms. The highest BCUT2D eigenvalue weighted by Gasteiger charge is 2.25. The molecule has 0 saturated carbocycles. The van der Waals surface area contributed by atoms with Crippen molar-refractivity contribution in [3.05, 3.63) is 42.7 Å². The maximum absolute atomic E-state index is 12.4. The summed E-state index contributed by atoms with van der Waals surface area (Å²) in [4.78, 5) is 16.9. The van der Waals surface area contributed by atoms with Crippen LogP contribution in [0, 0.1) is 0 Å². The van der Waals surface area contributed by atoms with Gasteiger partial charge in [-0.25, -0.2) is 8.42 Å². The summed E-state index contributed by atoms with van der Waals surface area (Å²) in [6, 6.07) is 7.61. The van der Waals surface area contributed by atoms with E-state index in [-0.39, 0.29) is 17.4 Å². The van der Waals surface area contributed by atoms with Crippen LogP contribution in [0.4, 0.5) is 11.4 Å². The Morgan fingerprint density at radius 3 is 2.86 bits per heavy atom. The molecule has 0 atom stereocenters. The third-order valence-corrected chi connectivity index (χ3v) is 4.62. The second-order valence-electron chi connectivity index (χ2n) is 4.72. The second-order valence-corrected chi connectivity index (χ2v) is 6.40. The van der Waals surface area contributed by atoms with E-state index in [2.05, 4.69) is 9.71 Å². The van der Waals surface area contributed by atoms with Crippen molar-refractivity contribution < 1.29 is 17.9 Å². The van der Waals surface area contributed by atoms with Gasteiger partial charge in [0.25, 0.3) is 15.9 Å². The standard InChI is InChI=1S/C14H13N3O4S/c1-17-12-7-11(4-5-13(12)21-9-14(17)18)22(19,20)16-10-3-2-6-15-8-10/h2-8,16H,9H2,1H3. The van der Waals surface area contributed by atoms with Gasteiger partial charge in [0.1, 0.15) is 5.75 Å². The largest absolute Gasteiger partial charge is 0.482 e. The molecule has 114 valence electrons. The van der Waals surface area contributed by atoms with Crippen LogP contribution in [0.15, 0.2) is 47.6 Å². The first kappa shape index (κ1) is 14.3. The molecule has 1 aliphatic heterocycles. The summed E-state index contributed by atoms with van der Waals surface area (Å²) in [6.07, 6.45) is 2.96. The number of hydrogen-bond donors (Lipinski definition) is 1. The van der Waals surface area contributed by atoms with E-state index in [4.69, 9.17) is 4.74 Å². The monoisotopic (exact) mass is 319 g/mol. The van der Waals surface area contributed by atoms with Gasteiger partial charge in [0, 0.05) is 13.2 Å². The number of ether oxygens (including phenoxy) is 1. The van der Waals surface area contributed by atoms with Crippen molar-refractivity contribution in [3.8, 4) is 5.75 Å². The minimum atomic E-state index is -3.77. The lowest BCUT2D eigenvalue weighted by molar-refractivity contribution is -0.120. The van der Waals surface area contributed by atoms with Crippen molar-refractivity contribution in [3.63, 3.8) is 0 Å². The van der Waals surface area contributed by atoms with Crippen LogP contribution in [0.1, 0.15) is 0 Å². The number of anilines is 2. The number of aromatic nitrogens is 1. The smallest absolute Gasteiger partial charge is 0.264 e. The van der Waals surface area contributed by atoms with Crippen LogP contribution < -0.4 is 14.4 Å². The van der Waals surface area contributed by atoms with Crippen molar-refractivity contribution >= 4 is 27.3 Å². The summed E-state index contributed by atoms with van der Waals surface area (Å²) in [5.74, 6) is 0.240. The summed E-state index contributed by atoms with van der Waals surface area (Å²) >= 11 is 0. The van der Waals surface area contributed by atoms with Gasteiger partial charge in [-0.2, -0.15) is 0 Å². The number of carbonyl (C=O) groups is 1. The molecule has 1 N–H and O–H groups in total. The molecule has 0 saturated heterocycles. The zero-order chi connectivity index (χ0) is 15.7. The second kappa shape index (κ2) is 5.30. The molecule has 22 heavy (non-hydrogen) atoms.